The molecule has 1 amide bonds. The Hall–Kier alpha value is -1.33. The maximum atomic E-state index is 12.9. The van der Waals surface area contributed by atoms with Crippen LogP contribution < -0.4 is 10.1 Å². The van der Waals surface area contributed by atoms with Crippen molar-refractivity contribution < 1.29 is 19.0 Å². The second kappa shape index (κ2) is 7.31. The molecule has 2 atom stereocenters. The largest absolute Gasteiger partial charge is 0.479 e. The summed E-state index contributed by atoms with van der Waals surface area (Å²) in [6, 6.07) is 3.56. The third kappa shape index (κ3) is 5.04. The molecule has 0 saturated carbocycles. The van der Waals surface area contributed by atoms with Gasteiger partial charge in [0.25, 0.3) is 5.91 Å². The number of amides is 1. The minimum absolute atomic E-state index is 0.000471. The minimum Gasteiger partial charge on any atom is -0.479 e. The van der Waals surface area contributed by atoms with E-state index in [1.54, 1.807) is 13.8 Å². The molecule has 1 aromatic carbocycles. The van der Waals surface area contributed by atoms with Crippen molar-refractivity contribution in [2.45, 2.75) is 32.4 Å². The average molecular weight is 290 g/mol. The zero-order valence-corrected chi connectivity index (χ0v) is 11.6. The highest BCUT2D eigenvalue weighted by Gasteiger charge is 2.17. The van der Waals surface area contributed by atoms with E-state index >= 15 is 0 Å². The topological polar surface area (TPSA) is 58.6 Å². The summed E-state index contributed by atoms with van der Waals surface area (Å²) in [4.78, 5) is 11.8. The summed E-state index contributed by atoms with van der Waals surface area (Å²) in [5.41, 5.74) is 0. The number of halogens is 2. The van der Waals surface area contributed by atoms with Gasteiger partial charge in [-0.15, -0.1) is 0 Å². The number of nitrogens with one attached hydrogen (secondary N) is 1. The van der Waals surface area contributed by atoms with Crippen LogP contribution >= 0.6 is 11.6 Å². The molecule has 2 N–H and O–H groups in total. The zero-order chi connectivity index (χ0) is 14.4. The second-order valence-corrected chi connectivity index (χ2v) is 4.66. The number of rotatable bonds is 6. The molecule has 6 heteroatoms. The molecule has 106 valence electrons. The highest BCUT2D eigenvalue weighted by Crippen LogP contribution is 2.25. The van der Waals surface area contributed by atoms with Crippen molar-refractivity contribution in [1.82, 2.24) is 5.32 Å². The summed E-state index contributed by atoms with van der Waals surface area (Å²) >= 11 is 5.80. The first-order valence-electron chi connectivity index (χ1n) is 5.97. The molecule has 0 spiro atoms. The molecule has 0 aliphatic carbocycles. The Labute approximate surface area is 116 Å². The normalized spacial score (nSPS) is 13.7. The summed E-state index contributed by atoms with van der Waals surface area (Å²) in [5, 5.41) is 11.6. The van der Waals surface area contributed by atoms with Gasteiger partial charge >= 0.3 is 0 Å². The van der Waals surface area contributed by atoms with Crippen molar-refractivity contribution in [3.63, 3.8) is 0 Å². The second-order valence-electron chi connectivity index (χ2n) is 4.26. The van der Waals surface area contributed by atoms with Crippen LogP contribution in [0.3, 0.4) is 0 Å². The predicted molar refractivity (Wildman–Crippen MR) is 70.8 cm³/mol. The van der Waals surface area contributed by atoms with Crippen LogP contribution in [0.4, 0.5) is 4.39 Å². The molecule has 4 nitrogen and oxygen atoms in total. The van der Waals surface area contributed by atoms with E-state index in [1.165, 1.54) is 12.1 Å². The Morgan fingerprint density at radius 2 is 2.21 bits per heavy atom. The molecule has 0 heterocycles. The number of carbonyl (C=O) groups is 1. The predicted octanol–water partition coefficient (Wildman–Crippen LogP) is 2.13. The van der Waals surface area contributed by atoms with Crippen LogP contribution in [0.1, 0.15) is 20.3 Å². The minimum atomic E-state index is -0.760. The smallest absolute Gasteiger partial charge is 0.260 e. The lowest BCUT2D eigenvalue weighted by Gasteiger charge is -2.18. The number of benzene rings is 1. The van der Waals surface area contributed by atoms with Gasteiger partial charge in [-0.2, -0.15) is 0 Å². The van der Waals surface area contributed by atoms with Gasteiger partial charge in [0, 0.05) is 12.6 Å². The zero-order valence-electron chi connectivity index (χ0n) is 10.8. The first-order chi connectivity index (χ1) is 8.93. The average Bonchev–Trinajstić information content (AvgIpc) is 2.32. The first kappa shape index (κ1) is 15.7. The molecule has 0 fully saturated rings. The Kier molecular flexibility index (Phi) is 6.05. The summed E-state index contributed by atoms with van der Waals surface area (Å²) in [6.45, 7) is 3.35. The number of ether oxygens (including phenoxy) is 1. The van der Waals surface area contributed by atoms with Crippen LogP contribution in [0.2, 0.25) is 5.02 Å². The van der Waals surface area contributed by atoms with Crippen LogP contribution in [-0.2, 0) is 4.79 Å². The molecule has 0 aromatic heterocycles. The fourth-order valence-corrected chi connectivity index (χ4v) is 1.65. The lowest BCUT2D eigenvalue weighted by atomic mass is 10.2. The van der Waals surface area contributed by atoms with Gasteiger partial charge in [0.2, 0.25) is 0 Å². The fourth-order valence-electron chi connectivity index (χ4n) is 1.44. The molecule has 0 bridgehead atoms. The number of hydrogen-bond acceptors (Lipinski definition) is 3. The van der Waals surface area contributed by atoms with Crippen molar-refractivity contribution in [2.75, 3.05) is 6.61 Å². The number of aliphatic hydroxyl groups is 1. The van der Waals surface area contributed by atoms with Gasteiger partial charge < -0.3 is 15.2 Å². The van der Waals surface area contributed by atoms with Gasteiger partial charge in [-0.3, -0.25) is 4.79 Å². The van der Waals surface area contributed by atoms with Crippen molar-refractivity contribution in [2.24, 2.45) is 0 Å². The van der Waals surface area contributed by atoms with E-state index in [0.717, 1.165) is 6.07 Å². The first-order valence-corrected chi connectivity index (χ1v) is 6.34. The van der Waals surface area contributed by atoms with Gasteiger partial charge in [0.15, 0.2) is 6.10 Å². The summed E-state index contributed by atoms with van der Waals surface area (Å²) in [5.74, 6) is -0.534. The lowest BCUT2D eigenvalue weighted by molar-refractivity contribution is -0.127. The molecule has 1 aromatic rings. The molecular formula is C13H17ClFNO3. The fraction of sp³-hybridized carbons (Fsp3) is 0.462. The van der Waals surface area contributed by atoms with E-state index in [4.69, 9.17) is 21.4 Å². The summed E-state index contributed by atoms with van der Waals surface area (Å²) in [6.07, 6.45) is -0.292. The highest BCUT2D eigenvalue weighted by molar-refractivity contribution is 6.32. The van der Waals surface area contributed by atoms with Gasteiger partial charge in [0.1, 0.15) is 11.6 Å². The Morgan fingerprint density at radius 3 is 2.79 bits per heavy atom. The SMILES string of the molecule is CC(CCO)NC(=O)C(C)Oc1ccc(F)cc1Cl. The highest BCUT2D eigenvalue weighted by atomic mass is 35.5. The van der Waals surface area contributed by atoms with Gasteiger partial charge in [0.05, 0.1) is 5.02 Å². The van der Waals surface area contributed by atoms with E-state index in [9.17, 15) is 9.18 Å². The molecule has 0 radical (unpaired) electrons. The molecule has 0 aliphatic heterocycles. The van der Waals surface area contributed by atoms with Crippen LogP contribution in [-0.4, -0.2) is 29.8 Å². The number of hydrogen-bond donors (Lipinski definition) is 2. The molecule has 1 rings (SSSR count). The third-order valence-corrected chi connectivity index (χ3v) is 2.81. The van der Waals surface area contributed by atoms with E-state index in [2.05, 4.69) is 5.32 Å². The molecular weight excluding hydrogens is 273 g/mol. The van der Waals surface area contributed by atoms with Crippen molar-refractivity contribution in [3.05, 3.63) is 29.0 Å². The van der Waals surface area contributed by atoms with Gasteiger partial charge in [-0.25, -0.2) is 4.39 Å². The monoisotopic (exact) mass is 289 g/mol. The van der Waals surface area contributed by atoms with Crippen LogP contribution in [0, 0.1) is 5.82 Å². The molecule has 19 heavy (non-hydrogen) atoms. The van der Waals surface area contributed by atoms with E-state index in [1.807, 2.05) is 0 Å². The van der Waals surface area contributed by atoms with Crippen molar-refractivity contribution in [1.29, 1.82) is 0 Å². The Bertz CT molecular complexity index is 442. The van der Waals surface area contributed by atoms with Crippen LogP contribution in [0.5, 0.6) is 5.75 Å². The quantitative estimate of drug-likeness (QED) is 0.843. The van der Waals surface area contributed by atoms with E-state index < -0.39 is 11.9 Å². The maximum absolute atomic E-state index is 12.9. The standard InChI is InChI=1S/C13H17ClFNO3/c1-8(5-6-17)16-13(18)9(2)19-12-4-3-10(15)7-11(12)14/h3-4,7-9,17H,5-6H2,1-2H3,(H,16,18). The third-order valence-electron chi connectivity index (χ3n) is 2.52. The van der Waals surface area contributed by atoms with Crippen LogP contribution in [0.15, 0.2) is 18.2 Å². The summed E-state index contributed by atoms with van der Waals surface area (Å²) < 4.78 is 18.2. The van der Waals surface area contributed by atoms with Gasteiger partial charge in [-0.05, 0) is 38.5 Å². The maximum Gasteiger partial charge on any atom is 0.260 e. The van der Waals surface area contributed by atoms with Crippen LogP contribution in [0.25, 0.3) is 0 Å². The van der Waals surface area contributed by atoms with E-state index in [-0.39, 0.29) is 29.3 Å². The number of aliphatic hydroxyl groups excluding tert-OH is 1. The Balaban J connectivity index is 2.58. The lowest BCUT2D eigenvalue weighted by Crippen LogP contribution is -2.41. The summed E-state index contributed by atoms with van der Waals surface area (Å²) in [7, 11) is 0. The molecule has 2 unspecified atom stereocenters. The Morgan fingerprint density at radius 1 is 1.53 bits per heavy atom. The van der Waals surface area contributed by atoms with Gasteiger partial charge in [-0.1, -0.05) is 11.6 Å². The van der Waals surface area contributed by atoms with E-state index in [0.29, 0.717) is 6.42 Å². The number of carbonyl (C=O) groups excluding carboxylic acids is 1. The van der Waals surface area contributed by atoms with Crippen molar-refractivity contribution in [3.8, 4) is 5.75 Å². The van der Waals surface area contributed by atoms with Crippen molar-refractivity contribution >= 4 is 17.5 Å². The molecule has 0 aliphatic rings. The molecule has 0 saturated heterocycles.